The van der Waals surface area contributed by atoms with Gasteiger partial charge in [-0.1, -0.05) is 13.8 Å². The van der Waals surface area contributed by atoms with Gasteiger partial charge in [0.25, 0.3) is 0 Å². The van der Waals surface area contributed by atoms with Crippen molar-refractivity contribution in [3.05, 3.63) is 22.8 Å². The first-order valence-corrected chi connectivity index (χ1v) is 6.91. The average molecular weight is 265 g/mol. The van der Waals surface area contributed by atoms with Gasteiger partial charge in [0.2, 0.25) is 0 Å². The van der Waals surface area contributed by atoms with Crippen LogP contribution in [0.4, 0.5) is 5.69 Å². The summed E-state index contributed by atoms with van der Waals surface area (Å²) in [6.07, 6.45) is 0. The van der Waals surface area contributed by atoms with Crippen LogP contribution in [0.3, 0.4) is 0 Å². The Morgan fingerprint density at radius 3 is 2.32 bits per heavy atom. The average Bonchev–Trinajstić information content (AvgIpc) is 2.36. The number of aliphatic hydroxyl groups is 1. The van der Waals surface area contributed by atoms with E-state index in [9.17, 15) is 5.11 Å². The third kappa shape index (κ3) is 3.63. The molecule has 3 heteroatoms. The molecule has 0 saturated carbocycles. The predicted molar refractivity (Wildman–Crippen MR) is 81.1 cm³/mol. The SMILES string of the molecule is COc1c(C)cc(NCC(CO)C(C)C)c(C)c1C. The van der Waals surface area contributed by atoms with Gasteiger partial charge in [-0.15, -0.1) is 0 Å². The quantitative estimate of drug-likeness (QED) is 0.829. The number of rotatable bonds is 6. The van der Waals surface area contributed by atoms with Gasteiger partial charge in [0.05, 0.1) is 7.11 Å². The Hall–Kier alpha value is -1.22. The fraction of sp³-hybridized carbons (Fsp3) is 0.625. The summed E-state index contributed by atoms with van der Waals surface area (Å²) in [5.74, 6) is 1.71. The van der Waals surface area contributed by atoms with Crippen LogP contribution >= 0.6 is 0 Å². The molecule has 0 amide bonds. The van der Waals surface area contributed by atoms with Crippen molar-refractivity contribution < 1.29 is 9.84 Å². The Morgan fingerprint density at radius 1 is 1.21 bits per heavy atom. The van der Waals surface area contributed by atoms with Crippen LogP contribution < -0.4 is 10.1 Å². The van der Waals surface area contributed by atoms with E-state index in [0.717, 1.165) is 23.5 Å². The maximum atomic E-state index is 9.38. The molecule has 19 heavy (non-hydrogen) atoms. The molecule has 0 aliphatic heterocycles. The van der Waals surface area contributed by atoms with Crippen molar-refractivity contribution in [3.63, 3.8) is 0 Å². The second-order valence-electron chi connectivity index (χ2n) is 5.59. The molecule has 1 aromatic carbocycles. The van der Waals surface area contributed by atoms with Crippen LogP contribution in [0, 0.1) is 32.6 Å². The van der Waals surface area contributed by atoms with Crippen LogP contribution in [0.25, 0.3) is 0 Å². The van der Waals surface area contributed by atoms with Crippen molar-refractivity contribution in [2.45, 2.75) is 34.6 Å². The zero-order valence-electron chi connectivity index (χ0n) is 13.0. The molecule has 1 aromatic rings. The fourth-order valence-corrected chi connectivity index (χ4v) is 2.31. The standard InChI is InChI=1S/C16H27NO2/c1-10(2)14(9-18)8-17-15-7-11(3)16(19-6)13(5)12(15)4/h7,10,14,17-18H,8-9H2,1-6H3. The molecular formula is C16H27NO2. The summed E-state index contributed by atoms with van der Waals surface area (Å²) >= 11 is 0. The van der Waals surface area contributed by atoms with Crippen LogP contribution in [0.1, 0.15) is 30.5 Å². The van der Waals surface area contributed by atoms with E-state index in [1.54, 1.807) is 7.11 Å². The smallest absolute Gasteiger partial charge is 0.125 e. The minimum atomic E-state index is 0.220. The topological polar surface area (TPSA) is 41.5 Å². The number of hydrogen-bond donors (Lipinski definition) is 2. The Morgan fingerprint density at radius 2 is 1.84 bits per heavy atom. The van der Waals surface area contributed by atoms with Gasteiger partial charge in [-0.05, 0) is 49.4 Å². The van der Waals surface area contributed by atoms with E-state index in [4.69, 9.17) is 4.74 Å². The summed E-state index contributed by atoms with van der Waals surface area (Å²) in [6.45, 7) is 11.5. The molecule has 3 nitrogen and oxygen atoms in total. The van der Waals surface area contributed by atoms with Gasteiger partial charge >= 0.3 is 0 Å². The van der Waals surface area contributed by atoms with Gasteiger partial charge in [0.1, 0.15) is 5.75 Å². The summed E-state index contributed by atoms with van der Waals surface area (Å²) in [5.41, 5.74) is 4.66. The van der Waals surface area contributed by atoms with Crippen molar-refractivity contribution in [2.24, 2.45) is 11.8 Å². The van der Waals surface area contributed by atoms with Gasteiger partial charge in [0.15, 0.2) is 0 Å². The van der Waals surface area contributed by atoms with Crippen LogP contribution in [-0.4, -0.2) is 25.4 Å². The zero-order chi connectivity index (χ0) is 14.6. The third-order valence-corrected chi connectivity index (χ3v) is 3.96. The number of aryl methyl sites for hydroxylation is 1. The van der Waals surface area contributed by atoms with Gasteiger partial charge in [-0.3, -0.25) is 0 Å². The monoisotopic (exact) mass is 265 g/mol. The lowest BCUT2D eigenvalue weighted by molar-refractivity contribution is 0.198. The highest BCUT2D eigenvalue weighted by molar-refractivity contribution is 5.61. The van der Waals surface area contributed by atoms with E-state index in [1.165, 1.54) is 11.1 Å². The van der Waals surface area contributed by atoms with E-state index in [-0.39, 0.29) is 12.5 Å². The summed E-state index contributed by atoms with van der Waals surface area (Å²) in [7, 11) is 1.71. The number of ether oxygens (including phenoxy) is 1. The van der Waals surface area contributed by atoms with Crippen molar-refractivity contribution in [3.8, 4) is 5.75 Å². The van der Waals surface area contributed by atoms with Gasteiger partial charge in [0, 0.05) is 24.8 Å². The molecule has 2 N–H and O–H groups in total. The largest absolute Gasteiger partial charge is 0.496 e. The van der Waals surface area contributed by atoms with E-state index in [1.807, 2.05) is 0 Å². The zero-order valence-corrected chi connectivity index (χ0v) is 13.0. The van der Waals surface area contributed by atoms with Crippen LogP contribution in [0.5, 0.6) is 5.75 Å². The number of anilines is 1. The second kappa shape index (κ2) is 6.80. The molecule has 0 aromatic heterocycles. The Bertz CT molecular complexity index is 427. The minimum Gasteiger partial charge on any atom is -0.496 e. The maximum Gasteiger partial charge on any atom is 0.125 e. The van der Waals surface area contributed by atoms with Gasteiger partial charge in [-0.25, -0.2) is 0 Å². The number of aliphatic hydroxyl groups excluding tert-OH is 1. The van der Waals surface area contributed by atoms with Gasteiger partial charge in [-0.2, -0.15) is 0 Å². The normalized spacial score (nSPS) is 12.6. The molecule has 0 radical (unpaired) electrons. The first-order valence-electron chi connectivity index (χ1n) is 6.91. The summed E-state index contributed by atoms with van der Waals surface area (Å²) in [6, 6.07) is 2.12. The minimum absolute atomic E-state index is 0.220. The summed E-state index contributed by atoms with van der Waals surface area (Å²) < 4.78 is 5.43. The Balaban J connectivity index is 2.91. The molecule has 0 spiro atoms. The molecule has 0 bridgehead atoms. The highest BCUT2D eigenvalue weighted by Gasteiger charge is 2.14. The van der Waals surface area contributed by atoms with E-state index < -0.39 is 0 Å². The molecule has 0 aliphatic rings. The number of hydrogen-bond acceptors (Lipinski definition) is 3. The molecule has 1 atom stereocenters. The van der Waals surface area contributed by atoms with Gasteiger partial charge < -0.3 is 15.2 Å². The molecule has 1 unspecified atom stereocenters. The lowest BCUT2D eigenvalue weighted by Gasteiger charge is -2.22. The third-order valence-electron chi connectivity index (χ3n) is 3.96. The molecule has 108 valence electrons. The van der Waals surface area contributed by atoms with Crippen molar-refractivity contribution in [1.29, 1.82) is 0 Å². The first-order chi connectivity index (χ1) is 8.92. The molecule has 0 heterocycles. The highest BCUT2D eigenvalue weighted by Crippen LogP contribution is 2.31. The number of benzene rings is 1. The molecule has 0 fully saturated rings. The van der Waals surface area contributed by atoms with E-state index in [2.05, 4.69) is 46.0 Å². The van der Waals surface area contributed by atoms with Crippen LogP contribution in [0.15, 0.2) is 6.07 Å². The molecule has 0 saturated heterocycles. The lowest BCUT2D eigenvalue weighted by atomic mass is 9.96. The van der Waals surface area contributed by atoms with Crippen molar-refractivity contribution >= 4 is 5.69 Å². The van der Waals surface area contributed by atoms with Crippen molar-refractivity contribution in [2.75, 3.05) is 25.6 Å². The second-order valence-corrected chi connectivity index (χ2v) is 5.59. The van der Waals surface area contributed by atoms with E-state index in [0.29, 0.717) is 5.92 Å². The fourth-order valence-electron chi connectivity index (χ4n) is 2.31. The highest BCUT2D eigenvalue weighted by atomic mass is 16.5. The Labute approximate surface area is 117 Å². The number of methoxy groups -OCH3 is 1. The predicted octanol–water partition coefficient (Wildman–Crippen LogP) is 3.30. The lowest BCUT2D eigenvalue weighted by Crippen LogP contribution is -2.23. The molecule has 1 rings (SSSR count). The number of nitrogens with one attached hydrogen (secondary N) is 1. The van der Waals surface area contributed by atoms with Crippen molar-refractivity contribution in [1.82, 2.24) is 0 Å². The molecular weight excluding hydrogens is 238 g/mol. The summed E-state index contributed by atoms with van der Waals surface area (Å²) in [5, 5.41) is 12.8. The Kier molecular flexibility index (Phi) is 5.67. The summed E-state index contributed by atoms with van der Waals surface area (Å²) in [4.78, 5) is 0. The van der Waals surface area contributed by atoms with Crippen LogP contribution in [-0.2, 0) is 0 Å². The molecule has 0 aliphatic carbocycles. The van der Waals surface area contributed by atoms with E-state index >= 15 is 0 Å². The van der Waals surface area contributed by atoms with Crippen LogP contribution in [0.2, 0.25) is 0 Å². The maximum absolute atomic E-state index is 9.38. The first kappa shape index (κ1) is 15.8.